The number of nitrogens with zero attached hydrogens (tertiary/aromatic N) is 3. The van der Waals surface area contributed by atoms with Gasteiger partial charge >= 0.3 is 5.97 Å². The zero-order chi connectivity index (χ0) is 15.0. The van der Waals surface area contributed by atoms with Gasteiger partial charge < -0.3 is 14.4 Å². The highest BCUT2D eigenvalue weighted by Gasteiger charge is 2.24. The highest BCUT2D eigenvalue weighted by Crippen LogP contribution is 2.28. The van der Waals surface area contributed by atoms with E-state index in [1.165, 1.54) is 0 Å². The number of aromatic carboxylic acids is 1. The number of rotatable bonds is 3. The second kappa shape index (κ2) is 5.48. The Morgan fingerprint density at radius 3 is 2.71 bits per heavy atom. The lowest BCUT2D eigenvalue weighted by Crippen LogP contribution is -2.37. The van der Waals surface area contributed by atoms with Crippen molar-refractivity contribution in [1.29, 1.82) is 0 Å². The van der Waals surface area contributed by atoms with Gasteiger partial charge in [0.25, 0.3) is 0 Å². The first-order valence-electron chi connectivity index (χ1n) is 7.51. The van der Waals surface area contributed by atoms with Crippen molar-refractivity contribution < 1.29 is 9.90 Å². The van der Waals surface area contributed by atoms with Crippen LogP contribution in [0.4, 0.5) is 0 Å². The minimum Gasteiger partial charge on any atom is -0.478 e. The summed E-state index contributed by atoms with van der Waals surface area (Å²) in [5.74, 6) is -0.492. The van der Waals surface area contributed by atoms with E-state index >= 15 is 0 Å². The zero-order valence-electron chi connectivity index (χ0n) is 12.5. The molecule has 0 unspecified atom stereocenters. The predicted octanol–water partition coefficient (Wildman–Crippen LogP) is 2.62. The number of hydrogen-bond acceptors (Lipinski definition) is 3. The molecule has 1 fully saturated rings. The molecule has 0 aliphatic carbocycles. The van der Waals surface area contributed by atoms with Gasteiger partial charge in [-0.05, 0) is 51.9 Å². The van der Waals surface area contributed by atoms with Gasteiger partial charge in [-0.2, -0.15) is 0 Å². The van der Waals surface area contributed by atoms with E-state index in [1.807, 2.05) is 16.8 Å². The van der Waals surface area contributed by atoms with Crippen molar-refractivity contribution in [3.05, 3.63) is 35.8 Å². The zero-order valence-corrected chi connectivity index (χ0v) is 12.5. The molecular weight excluding hydrogens is 266 g/mol. The van der Waals surface area contributed by atoms with Crippen molar-refractivity contribution in [2.75, 3.05) is 13.1 Å². The summed E-state index contributed by atoms with van der Waals surface area (Å²) in [6, 6.07) is 3.95. The van der Waals surface area contributed by atoms with Gasteiger partial charge in [0.05, 0.1) is 5.69 Å². The topological polar surface area (TPSA) is 57.8 Å². The Morgan fingerprint density at radius 2 is 2.10 bits per heavy atom. The Kier molecular flexibility index (Phi) is 3.68. The lowest BCUT2D eigenvalue weighted by molar-refractivity contribution is 0.0698. The van der Waals surface area contributed by atoms with Gasteiger partial charge in [-0.15, -0.1) is 0 Å². The van der Waals surface area contributed by atoms with Crippen molar-refractivity contribution in [2.24, 2.45) is 0 Å². The first kappa shape index (κ1) is 14.1. The average molecular weight is 287 g/mol. The molecule has 21 heavy (non-hydrogen) atoms. The number of fused-ring (bicyclic) bond motifs is 1. The van der Waals surface area contributed by atoms with E-state index in [4.69, 9.17) is 0 Å². The van der Waals surface area contributed by atoms with E-state index in [1.54, 1.807) is 12.1 Å². The van der Waals surface area contributed by atoms with Crippen LogP contribution in [0.1, 0.15) is 48.7 Å². The van der Waals surface area contributed by atoms with Crippen LogP contribution >= 0.6 is 0 Å². The summed E-state index contributed by atoms with van der Waals surface area (Å²) >= 11 is 0. The Labute approximate surface area is 124 Å². The van der Waals surface area contributed by atoms with Crippen LogP contribution in [0.15, 0.2) is 24.5 Å². The van der Waals surface area contributed by atoms with Crippen molar-refractivity contribution in [3.8, 4) is 0 Å². The average Bonchev–Trinajstić information content (AvgIpc) is 2.90. The molecule has 0 aromatic carbocycles. The Hall–Kier alpha value is -1.88. The summed E-state index contributed by atoms with van der Waals surface area (Å²) in [6.45, 7) is 6.62. The van der Waals surface area contributed by atoms with Crippen LogP contribution in [0.25, 0.3) is 5.65 Å². The van der Waals surface area contributed by atoms with Crippen LogP contribution in [0, 0.1) is 0 Å². The summed E-state index contributed by atoms with van der Waals surface area (Å²) in [5.41, 5.74) is 1.83. The normalized spacial score (nSPS) is 17.7. The van der Waals surface area contributed by atoms with E-state index in [2.05, 4.69) is 23.7 Å². The lowest BCUT2D eigenvalue weighted by atomic mass is 9.93. The maximum absolute atomic E-state index is 11.3. The Bertz CT molecular complexity index is 655. The summed E-state index contributed by atoms with van der Waals surface area (Å²) < 4.78 is 1.83. The molecule has 112 valence electrons. The monoisotopic (exact) mass is 287 g/mol. The van der Waals surface area contributed by atoms with Gasteiger partial charge in [-0.1, -0.05) is 0 Å². The largest absolute Gasteiger partial charge is 0.478 e. The maximum atomic E-state index is 11.3. The Balaban J connectivity index is 1.86. The second-order valence-electron chi connectivity index (χ2n) is 6.03. The number of carbonyl (C=O) groups is 1. The van der Waals surface area contributed by atoms with Gasteiger partial charge in [0.1, 0.15) is 5.56 Å². The summed E-state index contributed by atoms with van der Waals surface area (Å²) in [5, 5.41) is 9.24. The molecule has 2 aromatic heterocycles. The maximum Gasteiger partial charge on any atom is 0.339 e. The minimum atomic E-state index is -0.924. The first-order valence-corrected chi connectivity index (χ1v) is 7.51. The van der Waals surface area contributed by atoms with Crippen molar-refractivity contribution in [3.63, 3.8) is 0 Å². The molecule has 5 heteroatoms. The third kappa shape index (κ3) is 2.65. The Morgan fingerprint density at radius 1 is 1.38 bits per heavy atom. The molecule has 0 spiro atoms. The molecule has 0 saturated carbocycles. The van der Waals surface area contributed by atoms with Crippen LogP contribution in [0.5, 0.6) is 0 Å². The molecule has 1 aliphatic rings. The molecule has 1 saturated heterocycles. The smallest absolute Gasteiger partial charge is 0.339 e. The summed E-state index contributed by atoms with van der Waals surface area (Å²) in [6.07, 6.45) is 6.02. The first-order chi connectivity index (χ1) is 10.1. The van der Waals surface area contributed by atoms with Crippen LogP contribution < -0.4 is 0 Å². The van der Waals surface area contributed by atoms with Crippen LogP contribution in [0.2, 0.25) is 0 Å². The molecule has 1 aliphatic heterocycles. The number of likely N-dealkylation sites (tertiary alicyclic amines) is 1. The van der Waals surface area contributed by atoms with Crippen LogP contribution in [0.3, 0.4) is 0 Å². The molecular formula is C16H21N3O2. The second-order valence-corrected chi connectivity index (χ2v) is 6.03. The van der Waals surface area contributed by atoms with E-state index in [-0.39, 0.29) is 5.56 Å². The molecule has 3 heterocycles. The SMILES string of the molecule is CC(C)N1CCC(c2cn3cccc(C(=O)O)c3n2)CC1. The number of carboxylic acid groups (broad SMARTS) is 1. The standard InChI is InChI=1S/C16H21N3O2/c1-11(2)18-8-5-12(6-9-18)14-10-19-7-3-4-13(16(20)21)15(19)17-14/h3-4,7,10-12H,5-6,8-9H2,1-2H3,(H,20,21). The third-order valence-corrected chi connectivity index (χ3v) is 4.41. The molecule has 0 bridgehead atoms. The molecule has 2 aromatic rings. The number of hydrogen-bond donors (Lipinski definition) is 1. The van der Waals surface area contributed by atoms with E-state index in [0.29, 0.717) is 17.6 Å². The fourth-order valence-corrected chi connectivity index (χ4v) is 3.11. The van der Waals surface area contributed by atoms with Crippen molar-refractivity contribution in [1.82, 2.24) is 14.3 Å². The van der Waals surface area contributed by atoms with E-state index in [9.17, 15) is 9.90 Å². The molecule has 0 amide bonds. The van der Waals surface area contributed by atoms with Gasteiger partial charge in [0.2, 0.25) is 0 Å². The van der Waals surface area contributed by atoms with Crippen LogP contribution in [-0.2, 0) is 0 Å². The van der Waals surface area contributed by atoms with E-state index < -0.39 is 5.97 Å². The molecule has 5 nitrogen and oxygen atoms in total. The van der Waals surface area contributed by atoms with Gasteiger partial charge in [0.15, 0.2) is 5.65 Å². The molecule has 0 radical (unpaired) electrons. The van der Waals surface area contributed by atoms with E-state index in [0.717, 1.165) is 31.6 Å². The number of aromatic nitrogens is 2. The number of pyridine rings is 1. The molecule has 0 atom stereocenters. The highest BCUT2D eigenvalue weighted by atomic mass is 16.4. The van der Waals surface area contributed by atoms with Crippen molar-refractivity contribution in [2.45, 2.75) is 38.6 Å². The number of piperidine rings is 1. The predicted molar refractivity (Wildman–Crippen MR) is 80.8 cm³/mol. The van der Waals surface area contributed by atoms with Gasteiger partial charge in [-0.25, -0.2) is 9.78 Å². The number of carboxylic acids is 1. The fraction of sp³-hybridized carbons (Fsp3) is 0.500. The third-order valence-electron chi connectivity index (χ3n) is 4.41. The molecule has 3 rings (SSSR count). The highest BCUT2D eigenvalue weighted by molar-refractivity contribution is 5.94. The van der Waals surface area contributed by atoms with Gasteiger partial charge in [-0.3, -0.25) is 0 Å². The fourth-order valence-electron chi connectivity index (χ4n) is 3.11. The lowest BCUT2D eigenvalue weighted by Gasteiger charge is -2.33. The van der Waals surface area contributed by atoms with Crippen LogP contribution in [-0.4, -0.2) is 44.5 Å². The summed E-state index contributed by atoms with van der Waals surface area (Å²) in [4.78, 5) is 18.3. The quantitative estimate of drug-likeness (QED) is 0.942. The number of imidazole rings is 1. The summed E-state index contributed by atoms with van der Waals surface area (Å²) in [7, 11) is 0. The minimum absolute atomic E-state index is 0.267. The molecule has 1 N–H and O–H groups in total. The van der Waals surface area contributed by atoms with Gasteiger partial charge in [0, 0.05) is 24.4 Å². The van der Waals surface area contributed by atoms with Crippen molar-refractivity contribution >= 4 is 11.6 Å².